The van der Waals surface area contributed by atoms with E-state index in [4.69, 9.17) is 11.6 Å². The van der Waals surface area contributed by atoms with Gasteiger partial charge in [-0.05, 0) is 12.5 Å². The summed E-state index contributed by atoms with van der Waals surface area (Å²) in [5.41, 5.74) is 0.162. The van der Waals surface area contributed by atoms with E-state index < -0.39 is 4.92 Å². The summed E-state index contributed by atoms with van der Waals surface area (Å²) >= 11 is 5.86. The van der Waals surface area contributed by atoms with E-state index in [0.717, 1.165) is 6.42 Å². The highest BCUT2D eigenvalue weighted by atomic mass is 35.5. The molecule has 1 aromatic carbocycles. The predicted molar refractivity (Wildman–Crippen MR) is 65.4 cm³/mol. The molecule has 0 saturated heterocycles. The topological polar surface area (TPSA) is 72.2 Å². The molecule has 5 nitrogen and oxygen atoms in total. The van der Waals surface area contributed by atoms with Gasteiger partial charge in [0.05, 0.1) is 10.3 Å². The van der Waals surface area contributed by atoms with Gasteiger partial charge in [0.25, 0.3) is 11.6 Å². The third-order valence-electron chi connectivity index (χ3n) is 2.25. The molecule has 0 radical (unpaired) electrons. The number of nitrogens with one attached hydrogen (secondary N) is 1. The molecular formula is C11H13ClN2O3. The molecular weight excluding hydrogens is 244 g/mol. The molecule has 0 heterocycles. The van der Waals surface area contributed by atoms with Crippen LogP contribution in [0.15, 0.2) is 24.3 Å². The molecule has 0 bridgehead atoms. The van der Waals surface area contributed by atoms with Gasteiger partial charge in [-0.3, -0.25) is 14.9 Å². The SMILES string of the molecule is CCC(Cl)CNC(=O)c1cccc([N+](=O)[O-])c1. The number of benzene rings is 1. The summed E-state index contributed by atoms with van der Waals surface area (Å²) in [6, 6.07) is 5.58. The first-order chi connectivity index (χ1) is 8.04. The Balaban J connectivity index is 2.69. The van der Waals surface area contributed by atoms with Gasteiger partial charge in [0, 0.05) is 24.2 Å². The van der Waals surface area contributed by atoms with E-state index in [0.29, 0.717) is 6.54 Å². The highest BCUT2D eigenvalue weighted by molar-refractivity contribution is 6.20. The normalized spacial score (nSPS) is 11.9. The zero-order valence-corrected chi connectivity index (χ0v) is 10.1. The first-order valence-corrected chi connectivity index (χ1v) is 5.65. The second-order valence-electron chi connectivity index (χ2n) is 3.52. The smallest absolute Gasteiger partial charge is 0.270 e. The monoisotopic (exact) mass is 256 g/mol. The van der Waals surface area contributed by atoms with Crippen LogP contribution in [0.4, 0.5) is 5.69 Å². The Hall–Kier alpha value is -1.62. The van der Waals surface area contributed by atoms with Gasteiger partial charge in [0.15, 0.2) is 0 Å². The van der Waals surface area contributed by atoms with Crippen LogP contribution in [-0.4, -0.2) is 22.8 Å². The summed E-state index contributed by atoms with van der Waals surface area (Å²) in [5, 5.41) is 13.0. The van der Waals surface area contributed by atoms with Crippen LogP contribution in [-0.2, 0) is 0 Å². The molecule has 0 spiro atoms. The molecule has 6 heteroatoms. The molecule has 1 atom stereocenters. The van der Waals surface area contributed by atoms with Crippen molar-refractivity contribution in [3.8, 4) is 0 Å². The summed E-state index contributed by atoms with van der Waals surface area (Å²) in [6.45, 7) is 2.26. The summed E-state index contributed by atoms with van der Waals surface area (Å²) in [6.07, 6.45) is 0.747. The molecule has 1 unspecified atom stereocenters. The lowest BCUT2D eigenvalue weighted by molar-refractivity contribution is -0.384. The van der Waals surface area contributed by atoms with Crippen molar-refractivity contribution in [2.24, 2.45) is 0 Å². The molecule has 0 aliphatic heterocycles. The molecule has 17 heavy (non-hydrogen) atoms. The molecule has 1 rings (SSSR count). The highest BCUT2D eigenvalue weighted by Gasteiger charge is 2.12. The van der Waals surface area contributed by atoms with E-state index in [2.05, 4.69) is 5.32 Å². The molecule has 1 amide bonds. The number of nitro benzene ring substituents is 1. The predicted octanol–water partition coefficient (Wildman–Crippen LogP) is 2.34. The summed E-state index contributed by atoms with van der Waals surface area (Å²) in [5.74, 6) is -0.354. The Morgan fingerprint density at radius 3 is 2.88 bits per heavy atom. The molecule has 0 aliphatic carbocycles. The van der Waals surface area contributed by atoms with Crippen molar-refractivity contribution in [1.29, 1.82) is 0 Å². The van der Waals surface area contributed by atoms with Crippen LogP contribution in [0, 0.1) is 10.1 Å². The number of nitrogens with zero attached hydrogens (tertiary/aromatic N) is 1. The van der Waals surface area contributed by atoms with Crippen molar-refractivity contribution in [1.82, 2.24) is 5.32 Å². The molecule has 92 valence electrons. The van der Waals surface area contributed by atoms with Crippen LogP contribution in [0.3, 0.4) is 0 Å². The van der Waals surface area contributed by atoms with Crippen molar-refractivity contribution in [2.75, 3.05) is 6.54 Å². The van der Waals surface area contributed by atoms with Gasteiger partial charge in [-0.2, -0.15) is 0 Å². The van der Waals surface area contributed by atoms with Gasteiger partial charge in [-0.15, -0.1) is 11.6 Å². The average Bonchev–Trinajstić information content (AvgIpc) is 2.35. The van der Waals surface area contributed by atoms with E-state index in [9.17, 15) is 14.9 Å². The van der Waals surface area contributed by atoms with Crippen LogP contribution in [0.2, 0.25) is 0 Å². The molecule has 0 aromatic heterocycles. The van der Waals surface area contributed by atoms with Crippen molar-refractivity contribution in [3.63, 3.8) is 0 Å². The summed E-state index contributed by atoms with van der Waals surface area (Å²) < 4.78 is 0. The number of alkyl halides is 1. The maximum atomic E-state index is 11.6. The lowest BCUT2D eigenvalue weighted by Gasteiger charge is -2.08. The molecule has 0 saturated carbocycles. The largest absolute Gasteiger partial charge is 0.351 e. The first-order valence-electron chi connectivity index (χ1n) is 5.21. The van der Waals surface area contributed by atoms with E-state index in [1.54, 1.807) is 0 Å². The van der Waals surface area contributed by atoms with Gasteiger partial charge in [0.2, 0.25) is 0 Å². The Morgan fingerprint density at radius 2 is 2.29 bits per heavy atom. The van der Waals surface area contributed by atoms with E-state index in [-0.39, 0.29) is 22.5 Å². The van der Waals surface area contributed by atoms with E-state index >= 15 is 0 Å². The lowest BCUT2D eigenvalue weighted by atomic mass is 10.2. The molecule has 0 fully saturated rings. The summed E-state index contributed by atoms with van der Waals surface area (Å²) in [7, 11) is 0. The highest BCUT2D eigenvalue weighted by Crippen LogP contribution is 2.13. The van der Waals surface area contributed by atoms with Crippen LogP contribution < -0.4 is 5.32 Å². The van der Waals surface area contributed by atoms with Crippen molar-refractivity contribution < 1.29 is 9.72 Å². The van der Waals surface area contributed by atoms with Gasteiger partial charge >= 0.3 is 0 Å². The van der Waals surface area contributed by atoms with Crippen molar-refractivity contribution in [2.45, 2.75) is 18.7 Å². The van der Waals surface area contributed by atoms with Crippen LogP contribution in [0.25, 0.3) is 0 Å². The van der Waals surface area contributed by atoms with E-state index in [1.165, 1.54) is 24.3 Å². The maximum absolute atomic E-state index is 11.6. The zero-order chi connectivity index (χ0) is 12.8. The molecule has 1 aromatic rings. The standard InChI is InChI=1S/C11H13ClN2O3/c1-2-9(12)7-13-11(15)8-4-3-5-10(6-8)14(16)17/h3-6,9H,2,7H2,1H3,(H,13,15). The fraction of sp³-hybridized carbons (Fsp3) is 0.364. The quantitative estimate of drug-likeness (QED) is 0.499. The van der Waals surface area contributed by atoms with Crippen molar-refractivity contribution >= 4 is 23.2 Å². The van der Waals surface area contributed by atoms with Crippen molar-refractivity contribution in [3.05, 3.63) is 39.9 Å². The minimum Gasteiger partial charge on any atom is -0.351 e. The fourth-order valence-corrected chi connectivity index (χ4v) is 1.29. The minimum atomic E-state index is -0.535. The number of hydrogen-bond acceptors (Lipinski definition) is 3. The van der Waals surface area contributed by atoms with Crippen LogP contribution in [0.5, 0.6) is 0 Å². The number of non-ortho nitro benzene ring substituents is 1. The minimum absolute atomic E-state index is 0.101. The van der Waals surface area contributed by atoms with Gasteiger partial charge in [0.1, 0.15) is 0 Å². The summed E-state index contributed by atoms with van der Waals surface area (Å²) in [4.78, 5) is 21.7. The molecule has 0 aliphatic rings. The number of amides is 1. The average molecular weight is 257 g/mol. The number of nitro groups is 1. The Morgan fingerprint density at radius 1 is 1.59 bits per heavy atom. The number of carbonyl (C=O) groups is 1. The third kappa shape index (κ3) is 4.03. The van der Waals surface area contributed by atoms with Gasteiger partial charge in [-0.1, -0.05) is 13.0 Å². The fourth-order valence-electron chi connectivity index (χ4n) is 1.21. The maximum Gasteiger partial charge on any atom is 0.270 e. The number of carbonyl (C=O) groups excluding carboxylic acids is 1. The third-order valence-corrected chi connectivity index (χ3v) is 2.71. The zero-order valence-electron chi connectivity index (χ0n) is 9.35. The van der Waals surface area contributed by atoms with Crippen LogP contribution in [0.1, 0.15) is 23.7 Å². The second kappa shape index (κ2) is 6.20. The van der Waals surface area contributed by atoms with Gasteiger partial charge in [-0.25, -0.2) is 0 Å². The van der Waals surface area contributed by atoms with Crippen LogP contribution >= 0.6 is 11.6 Å². The first kappa shape index (κ1) is 13.4. The number of rotatable bonds is 5. The Labute approximate surface area is 104 Å². The number of halogens is 1. The Bertz CT molecular complexity index is 423. The molecule has 1 N–H and O–H groups in total. The second-order valence-corrected chi connectivity index (χ2v) is 4.14. The van der Waals surface area contributed by atoms with Gasteiger partial charge < -0.3 is 5.32 Å². The number of hydrogen-bond donors (Lipinski definition) is 1. The Kier molecular flexibility index (Phi) is 4.90. The lowest BCUT2D eigenvalue weighted by Crippen LogP contribution is -2.29. The van der Waals surface area contributed by atoms with E-state index in [1.807, 2.05) is 6.92 Å².